The van der Waals surface area contributed by atoms with Gasteiger partial charge in [0.1, 0.15) is 5.71 Å². The molecule has 0 aromatic heterocycles. The van der Waals surface area contributed by atoms with E-state index >= 15 is 0 Å². The zero-order valence-corrected chi connectivity index (χ0v) is 5.63. The lowest BCUT2D eigenvalue weighted by Gasteiger charge is -1.91. The Hall–Kier alpha value is -1.32. The molecule has 1 aliphatic rings. The Morgan fingerprint density at radius 1 is 1.90 bits per heavy atom. The minimum atomic E-state index is -0.430. The first-order chi connectivity index (χ1) is 4.74. The van der Waals surface area contributed by atoms with Crippen LogP contribution in [0.4, 0.5) is 0 Å². The van der Waals surface area contributed by atoms with Crippen LogP contribution in [0, 0.1) is 0 Å². The van der Waals surface area contributed by atoms with Gasteiger partial charge in [0.15, 0.2) is 0 Å². The molecule has 0 unspecified atom stereocenters. The van der Waals surface area contributed by atoms with Crippen molar-refractivity contribution >= 4 is 11.7 Å². The number of rotatable bonds is 1. The zero-order chi connectivity index (χ0) is 7.56. The number of aliphatic imine (C=N–C) groups is 1. The number of ether oxygens (including phenoxy) is 1. The van der Waals surface area contributed by atoms with Gasteiger partial charge in [0, 0.05) is 5.70 Å². The Morgan fingerprint density at radius 2 is 2.60 bits per heavy atom. The molecule has 0 spiro atoms. The monoisotopic (exact) mass is 140 g/mol. The molecule has 1 aliphatic heterocycles. The predicted octanol–water partition coefficient (Wildman–Crippen LogP) is -0.543. The predicted molar refractivity (Wildman–Crippen MR) is 36.6 cm³/mol. The first-order valence-electron chi connectivity index (χ1n) is 2.83. The molecule has 2 N–H and O–H groups in total. The summed E-state index contributed by atoms with van der Waals surface area (Å²) in [7, 11) is 1.31. The quantitative estimate of drug-likeness (QED) is 0.497. The molecule has 0 atom stereocenters. The molecular weight excluding hydrogens is 132 g/mol. The average Bonchev–Trinajstić information content (AvgIpc) is 2.34. The van der Waals surface area contributed by atoms with Crippen LogP contribution in [0.5, 0.6) is 0 Å². The third-order valence-electron chi connectivity index (χ3n) is 1.15. The fourth-order valence-electron chi connectivity index (χ4n) is 0.671. The summed E-state index contributed by atoms with van der Waals surface area (Å²) in [5.41, 5.74) is 6.26. The second-order valence-electron chi connectivity index (χ2n) is 1.91. The van der Waals surface area contributed by atoms with E-state index in [4.69, 9.17) is 5.73 Å². The van der Waals surface area contributed by atoms with Gasteiger partial charge in [0.05, 0.1) is 13.7 Å². The molecule has 1 rings (SSSR count). The van der Waals surface area contributed by atoms with Crippen LogP contribution in [-0.4, -0.2) is 25.3 Å². The summed E-state index contributed by atoms with van der Waals surface area (Å²) in [5.74, 6) is -0.430. The summed E-state index contributed by atoms with van der Waals surface area (Å²) >= 11 is 0. The smallest absolute Gasteiger partial charge is 0.356 e. The summed E-state index contributed by atoms with van der Waals surface area (Å²) < 4.78 is 4.41. The molecule has 0 radical (unpaired) electrons. The van der Waals surface area contributed by atoms with Gasteiger partial charge in [0.25, 0.3) is 0 Å². The van der Waals surface area contributed by atoms with E-state index in [2.05, 4.69) is 9.73 Å². The minimum Gasteiger partial charge on any atom is -0.464 e. The fraction of sp³-hybridized carbons (Fsp3) is 0.333. The molecule has 0 aromatic rings. The average molecular weight is 140 g/mol. The lowest BCUT2D eigenvalue weighted by Crippen LogP contribution is -2.11. The lowest BCUT2D eigenvalue weighted by atomic mass is 10.3. The van der Waals surface area contributed by atoms with Crippen molar-refractivity contribution in [3.8, 4) is 0 Å². The summed E-state index contributed by atoms with van der Waals surface area (Å²) in [4.78, 5) is 14.5. The van der Waals surface area contributed by atoms with Gasteiger partial charge in [-0.05, 0) is 6.08 Å². The third-order valence-corrected chi connectivity index (χ3v) is 1.15. The topological polar surface area (TPSA) is 64.7 Å². The van der Waals surface area contributed by atoms with Gasteiger partial charge in [0.2, 0.25) is 0 Å². The number of methoxy groups -OCH3 is 1. The van der Waals surface area contributed by atoms with Crippen LogP contribution in [0.2, 0.25) is 0 Å². The van der Waals surface area contributed by atoms with Gasteiger partial charge < -0.3 is 10.5 Å². The van der Waals surface area contributed by atoms with Crippen LogP contribution in [0.1, 0.15) is 0 Å². The summed E-state index contributed by atoms with van der Waals surface area (Å²) in [5, 5.41) is 0. The first-order valence-corrected chi connectivity index (χ1v) is 2.83. The lowest BCUT2D eigenvalue weighted by molar-refractivity contribution is -0.132. The van der Waals surface area contributed by atoms with Crippen molar-refractivity contribution in [2.75, 3.05) is 13.7 Å². The Balaban J connectivity index is 2.67. The standard InChI is InChI=1S/C6H8N2O2/c1-10-6(9)5-2-4(7)3-8-5/h2H,3,7H2,1H3. The summed E-state index contributed by atoms with van der Waals surface area (Å²) in [6.07, 6.45) is 1.52. The molecule has 10 heavy (non-hydrogen) atoms. The molecule has 0 bridgehead atoms. The van der Waals surface area contributed by atoms with E-state index in [9.17, 15) is 4.79 Å². The Kier molecular flexibility index (Phi) is 1.71. The zero-order valence-electron chi connectivity index (χ0n) is 5.63. The highest BCUT2D eigenvalue weighted by Gasteiger charge is 2.13. The first kappa shape index (κ1) is 6.80. The molecule has 0 aromatic carbocycles. The molecule has 0 saturated carbocycles. The number of nitrogens with zero attached hydrogens (tertiary/aromatic N) is 1. The van der Waals surface area contributed by atoms with Crippen LogP contribution in [0.15, 0.2) is 16.8 Å². The van der Waals surface area contributed by atoms with Crippen molar-refractivity contribution in [2.24, 2.45) is 10.7 Å². The number of esters is 1. The maximum absolute atomic E-state index is 10.7. The SMILES string of the molecule is COC(=O)C1=NCC(N)=C1. The van der Waals surface area contributed by atoms with Crippen LogP contribution in [0.3, 0.4) is 0 Å². The number of hydrogen-bond donors (Lipinski definition) is 1. The van der Waals surface area contributed by atoms with E-state index in [1.807, 2.05) is 0 Å². The van der Waals surface area contributed by atoms with Crippen LogP contribution >= 0.6 is 0 Å². The molecule has 1 heterocycles. The second kappa shape index (κ2) is 2.51. The number of nitrogens with two attached hydrogens (primary N) is 1. The molecule has 54 valence electrons. The van der Waals surface area contributed by atoms with E-state index in [1.54, 1.807) is 0 Å². The maximum Gasteiger partial charge on any atom is 0.356 e. The number of carbonyl (C=O) groups excluding carboxylic acids is 1. The largest absolute Gasteiger partial charge is 0.464 e. The Bertz CT molecular complexity index is 218. The van der Waals surface area contributed by atoms with Crippen LogP contribution < -0.4 is 5.73 Å². The molecular formula is C6H8N2O2. The van der Waals surface area contributed by atoms with Gasteiger partial charge in [-0.25, -0.2) is 4.79 Å². The number of carbonyl (C=O) groups is 1. The van der Waals surface area contributed by atoms with Crippen LogP contribution in [0.25, 0.3) is 0 Å². The molecule has 0 saturated heterocycles. The molecule has 0 amide bonds. The van der Waals surface area contributed by atoms with E-state index in [0.29, 0.717) is 18.0 Å². The van der Waals surface area contributed by atoms with Gasteiger partial charge in [-0.2, -0.15) is 0 Å². The summed E-state index contributed by atoms with van der Waals surface area (Å²) in [6, 6.07) is 0. The van der Waals surface area contributed by atoms with Crippen molar-refractivity contribution in [1.82, 2.24) is 0 Å². The Labute approximate surface area is 58.4 Å². The highest BCUT2D eigenvalue weighted by molar-refractivity contribution is 6.41. The second-order valence-corrected chi connectivity index (χ2v) is 1.91. The highest BCUT2D eigenvalue weighted by atomic mass is 16.5. The van der Waals surface area contributed by atoms with Gasteiger partial charge in [-0.1, -0.05) is 0 Å². The van der Waals surface area contributed by atoms with Crippen molar-refractivity contribution < 1.29 is 9.53 Å². The van der Waals surface area contributed by atoms with Gasteiger partial charge in [-0.15, -0.1) is 0 Å². The minimum absolute atomic E-state index is 0.306. The fourth-order valence-corrected chi connectivity index (χ4v) is 0.671. The van der Waals surface area contributed by atoms with Crippen molar-refractivity contribution in [3.63, 3.8) is 0 Å². The molecule has 4 heteroatoms. The van der Waals surface area contributed by atoms with Crippen molar-refractivity contribution in [2.45, 2.75) is 0 Å². The van der Waals surface area contributed by atoms with E-state index in [-0.39, 0.29) is 0 Å². The Morgan fingerprint density at radius 3 is 3.00 bits per heavy atom. The molecule has 0 aliphatic carbocycles. The summed E-state index contributed by atoms with van der Waals surface area (Å²) in [6.45, 7) is 0.407. The van der Waals surface area contributed by atoms with E-state index < -0.39 is 5.97 Å². The van der Waals surface area contributed by atoms with E-state index in [0.717, 1.165) is 0 Å². The molecule has 4 nitrogen and oxygen atoms in total. The van der Waals surface area contributed by atoms with Gasteiger partial charge in [-0.3, -0.25) is 4.99 Å². The maximum atomic E-state index is 10.7. The van der Waals surface area contributed by atoms with Crippen molar-refractivity contribution in [3.05, 3.63) is 11.8 Å². The number of hydrogen-bond acceptors (Lipinski definition) is 4. The third kappa shape index (κ3) is 1.15. The van der Waals surface area contributed by atoms with Crippen molar-refractivity contribution in [1.29, 1.82) is 0 Å². The normalized spacial score (nSPS) is 16.1. The van der Waals surface area contributed by atoms with E-state index in [1.165, 1.54) is 13.2 Å². The molecule has 0 fully saturated rings. The highest BCUT2D eigenvalue weighted by Crippen LogP contribution is 1.99. The van der Waals surface area contributed by atoms with Crippen LogP contribution in [-0.2, 0) is 9.53 Å². The van der Waals surface area contributed by atoms with Gasteiger partial charge >= 0.3 is 5.97 Å².